The predicted octanol–water partition coefficient (Wildman–Crippen LogP) is 3.68. The third kappa shape index (κ3) is 3.70. The number of rotatable bonds is 2. The highest BCUT2D eigenvalue weighted by atomic mass is 32.1. The van der Waals surface area contributed by atoms with Crippen molar-refractivity contribution in [1.82, 2.24) is 4.98 Å². The molecule has 0 aliphatic carbocycles. The van der Waals surface area contributed by atoms with Crippen molar-refractivity contribution in [2.24, 2.45) is 0 Å². The molecule has 2 aromatic rings. The molecular weight excluding hydrogens is 305 g/mol. The molecule has 9 heteroatoms. The molecule has 0 fully saturated rings. The SMILES string of the molecule is N#Cc1cnc(NC(=O)Nc2ccccc2C(F)(F)F)s1. The maximum atomic E-state index is 12.8. The molecule has 21 heavy (non-hydrogen) atoms. The average molecular weight is 312 g/mol. The molecule has 0 unspecified atom stereocenters. The lowest BCUT2D eigenvalue weighted by atomic mass is 10.1. The Hall–Kier alpha value is -2.60. The fourth-order valence-corrected chi connectivity index (χ4v) is 2.08. The summed E-state index contributed by atoms with van der Waals surface area (Å²) in [6, 6.07) is 5.58. The van der Waals surface area contributed by atoms with Gasteiger partial charge in [-0.1, -0.05) is 23.5 Å². The van der Waals surface area contributed by atoms with Crippen LogP contribution < -0.4 is 10.6 Å². The largest absolute Gasteiger partial charge is 0.418 e. The molecule has 0 spiro atoms. The molecule has 1 heterocycles. The summed E-state index contributed by atoms with van der Waals surface area (Å²) in [5.74, 6) is 0. The molecule has 0 saturated heterocycles. The molecule has 0 bridgehead atoms. The number of alkyl halides is 3. The lowest BCUT2D eigenvalue weighted by molar-refractivity contribution is -0.136. The van der Waals surface area contributed by atoms with E-state index in [1.807, 2.05) is 6.07 Å². The summed E-state index contributed by atoms with van der Waals surface area (Å²) in [7, 11) is 0. The highest BCUT2D eigenvalue weighted by Gasteiger charge is 2.33. The first-order chi connectivity index (χ1) is 9.90. The fraction of sp³-hybridized carbons (Fsp3) is 0.0833. The fourth-order valence-electron chi connectivity index (χ4n) is 1.47. The zero-order valence-electron chi connectivity index (χ0n) is 10.2. The molecule has 1 aromatic carbocycles. The number of hydrogen-bond donors (Lipinski definition) is 2. The minimum absolute atomic E-state index is 0.119. The van der Waals surface area contributed by atoms with Crippen molar-refractivity contribution in [2.75, 3.05) is 10.6 Å². The second-order valence-corrected chi connectivity index (χ2v) is 4.79. The van der Waals surface area contributed by atoms with Crippen molar-refractivity contribution in [1.29, 1.82) is 5.26 Å². The quantitative estimate of drug-likeness (QED) is 0.888. The van der Waals surface area contributed by atoms with Gasteiger partial charge in [-0.2, -0.15) is 18.4 Å². The number of carbonyl (C=O) groups is 1. The highest BCUT2D eigenvalue weighted by molar-refractivity contribution is 7.16. The number of nitriles is 1. The number of hydrogen-bond acceptors (Lipinski definition) is 4. The average Bonchev–Trinajstić information content (AvgIpc) is 2.85. The minimum atomic E-state index is -4.57. The van der Waals surface area contributed by atoms with Crippen molar-refractivity contribution < 1.29 is 18.0 Å². The van der Waals surface area contributed by atoms with Crippen LogP contribution in [0.25, 0.3) is 0 Å². The Morgan fingerprint density at radius 3 is 2.62 bits per heavy atom. The van der Waals surface area contributed by atoms with E-state index >= 15 is 0 Å². The van der Waals surface area contributed by atoms with Gasteiger partial charge in [-0.15, -0.1) is 0 Å². The zero-order chi connectivity index (χ0) is 15.5. The topological polar surface area (TPSA) is 77.8 Å². The van der Waals surface area contributed by atoms with Gasteiger partial charge in [-0.3, -0.25) is 5.32 Å². The molecule has 2 N–H and O–H groups in total. The number of carbonyl (C=O) groups excluding carboxylic acids is 1. The summed E-state index contributed by atoms with van der Waals surface area (Å²) in [6.07, 6.45) is -3.32. The van der Waals surface area contributed by atoms with Crippen molar-refractivity contribution in [3.63, 3.8) is 0 Å². The molecule has 2 amide bonds. The molecule has 0 aliphatic rings. The van der Waals surface area contributed by atoms with E-state index in [0.717, 1.165) is 23.5 Å². The van der Waals surface area contributed by atoms with Crippen LogP contribution >= 0.6 is 11.3 Å². The van der Waals surface area contributed by atoms with Crippen LogP contribution in [0, 0.1) is 11.3 Å². The molecule has 0 saturated carbocycles. The van der Waals surface area contributed by atoms with Crippen molar-refractivity contribution >= 4 is 28.2 Å². The first-order valence-corrected chi connectivity index (χ1v) is 6.32. The molecular formula is C12H7F3N4OS. The summed E-state index contributed by atoms with van der Waals surface area (Å²) in [5.41, 5.74) is -1.31. The summed E-state index contributed by atoms with van der Waals surface area (Å²) in [4.78, 5) is 15.7. The standard InChI is InChI=1S/C12H7F3N4OS/c13-12(14,15)8-3-1-2-4-9(8)18-10(20)19-11-17-6-7(5-16)21-11/h1-4,6H,(H2,17,18,19,20). The normalized spacial score (nSPS) is 10.8. The highest BCUT2D eigenvalue weighted by Crippen LogP contribution is 2.34. The molecule has 0 radical (unpaired) electrons. The van der Waals surface area contributed by atoms with Gasteiger partial charge in [0.2, 0.25) is 0 Å². The Morgan fingerprint density at radius 1 is 1.29 bits per heavy atom. The van der Waals surface area contributed by atoms with Crippen LogP contribution in [0.2, 0.25) is 0 Å². The number of para-hydroxylation sites is 1. The van der Waals surface area contributed by atoms with Crippen LogP contribution in [-0.2, 0) is 6.18 Å². The van der Waals surface area contributed by atoms with Gasteiger partial charge in [-0.05, 0) is 12.1 Å². The second-order valence-electron chi connectivity index (χ2n) is 3.76. The maximum absolute atomic E-state index is 12.8. The first kappa shape index (κ1) is 14.8. The Labute approximate surface area is 121 Å². The van der Waals surface area contributed by atoms with Crippen molar-refractivity contribution in [3.05, 3.63) is 40.9 Å². The third-order valence-corrected chi connectivity index (χ3v) is 3.13. The second kappa shape index (κ2) is 5.80. The van der Waals surface area contributed by atoms with E-state index in [4.69, 9.17) is 5.26 Å². The first-order valence-electron chi connectivity index (χ1n) is 5.50. The van der Waals surface area contributed by atoms with Gasteiger partial charge in [0, 0.05) is 0 Å². The van der Waals surface area contributed by atoms with E-state index < -0.39 is 17.8 Å². The number of nitrogens with zero attached hydrogens (tertiary/aromatic N) is 2. The number of thiazole rings is 1. The zero-order valence-corrected chi connectivity index (χ0v) is 11.0. The van der Waals surface area contributed by atoms with E-state index in [1.165, 1.54) is 18.3 Å². The van der Waals surface area contributed by atoms with Gasteiger partial charge >= 0.3 is 12.2 Å². The van der Waals surface area contributed by atoms with Gasteiger partial charge < -0.3 is 5.32 Å². The van der Waals surface area contributed by atoms with Gasteiger partial charge in [0.25, 0.3) is 0 Å². The monoisotopic (exact) mass is 312 g/mol. The van der Waals surface area contributed by atoms with Gasteiger partial charge in [-0.25, -0.2) is 9.78 Å². The molecule has 2 rings (SSSR count). The summed E-state index contributed by atoms with van der Waals surface area (Å²) >= 11 is 0.915. The molecule has 1 aromatic heterocycles. The van der Waals surface area contributed by atoms with Gasteiger partial charge in [0.05, 0.1) is 17.4 Å². The van der Waals surface area contributed by atoms with Crippen molar-refractivity contribution in [3.8, 4) is 6.07 Å². The van der Waals surface area contributed by atoms with Crippen molar-refractivity contribution in [2.45, 2.75) is 6.18 Å². The van der Waals surface area contributed by atoms with Crippen LogP contribution in [0.1, 0.15) is 10.4 Å². The van der Waals surface area contributed by atoms with E-state index in [-0.39, 0.29) is 15.7 Å². The van der Waals surface area contributed by atoms with E-state index in [0.29, 0.717) is 0 Å². The van der Waals surface area contributed by atoms with Crippen LogP contribution in [-0.4, -0.2) is 11.0 Å². The lowest BCUT2D eigenvalue weighted by Crippen LogP contribution is -2.21. The van der Waals surface area contributed by atoms with Gasteiger partial charge in [0.15, 0.2) is 5.13 Å². The Bertz CT molecular complexity index is 705. The van der Waals surface area contributed by atoms with Gasteiger partial charge in [0.1, 0.15) is 10.9 Å². The summed E-state index contributed by atoms with van der Waals surface area (Å²) in [6.45, 7) is 0. The lowest BCUT2D eigenvalue weighted by Gasteiger charge is -2.13. The Morgan fingerprint density at radius 2 is 2.00 bits per heavy atom. The van der Waals surface area contributed by atoms with E-state index in [1.54, 1.807) is 0 Å². The van der Waals surface area contributed by atoms with Crippen LogP contribution in [0.4, 0.5) is 28.8 Å². The summed E-state index contributed by atoms with van der Waals surface area (Å²) in [5, 5.41) is 13.1. The van der Waals surface area contributed by atoms with Crippen LogP contribution in [0.15, 0.2) is 30.5 Å². The molecule has 0 aliphatic heterocycles. The number of amides is 2. The van der Waals surface area contributed by atoms with E-state index in [9.17, 15) is 18.0 Å². The maximum Gasteiger partial charge on any atom is 0.418 e. The number of urea groups is 1. The number of anilines is 2. The number of halogens is 3. The number of aromatic nitrogens is 1. The molecule has 5 nitrogen and oxygen atoms in total. The number of nitrogens with one attached hydrogen (secondary N) is 2. The molecule has 108 valence electrons. The predicted molar refractivity (Wildman–Crippen MR) is 70.9 cm³/mol. The van der Waals surface area contributed by atoms with Crippen LogP contribution in [0.3, 0.4) is 0 Å². The third-order valence-electron chi connectivity index (χ3n) is 2.32. The van der Waals surface area contributed by atoms with Crippen LogP contribution in [0.5, 0.6) is 0 Å². The minimum Gasteiger partial charge on any atom is -0.307 e. The smallest absolute Gasteiger partial charge is 0.307 e. The number of benzene rings is 1. The summed E-state index contributed by atoms with van der Waals surface area (Å²) < 4.78 is 38.3. The Kier molecular flexibility index (Phi) is 4.09. The van der Waals surface area contributed by atoms with E-state index in [2.05, 4.69) is 15.6 Å². The molecule has 0 atom stereocenters. The Balaban J connectivity index is 2.12.